The molecule has 0 spiro atoms. The summed E-state index contributed by atoms with van der Waals surface area (Å²) in [4.78, 5) is 24.1. The fraction of sp³-hybridized carbons (Fsp3) is 0.273. The van der Waals surface area contributed by atoms with Gasteiger partial charge in [0.1, 0.15) is 18.4 Å². The van der Waals surface area contributed by atoms with Crippen LogP contribution in [0, 0.1) is 5.82 Å². The monoisotopic (exact) mass is 632 g/mol. The number of hydrogen-bond acceptors (Lipinski definition) is 2. The summed E-state index contributed by atoms with van der Waals surface area (Å²) in [6.07, 6.45) is -7.32. The van der Waals surface area contributed by atoms with Crippen LogP contribution < -0.4 is 10.6 Å². The van der Waals surface area contributed by atoms with Gasteiger partial charge in [0.15, 0.2) is 0 Å². The zero-order valence-corrected chi connectivity index (χ0v) is 20.9. The summed E-state index contributed by atoms with van der Waals surface area (Å²) in [5, 5.41) is 3.88. The lowest BCUT2D eigenvalue weighted by Gasteiger charge is -2.18. The number of allylic oxidation sites excluding steroid dienone is 1. The molecule has 2 aromatic carbocycles. The molecule has 13 heteroatoms. The minimum atomic E-state index is -4.70. The number of hydrogen-bond donors (Lipinski definition) is 2. The van der Waals surface area contributed by atoms with E-state index in [0.29, 0.717) is 0 Å². The van der Waals surface area contributed by atoms with Crippen molar-refractivity contribution in [2.45, 2.75) is 31.2 Å². The van der Waals surface area contributed by atoms with Gasteiger partial charge in [-0.2, -0.15) is 26.3 Å². The standard InChI is InChI=1S/C22H17Br2F7N2O2/c1-11(19(34)32-10-21(26,27)28)33-20(35)16-4-2-12(6-18(16)24)3-5-17(22(29,30)31)13-7-14(23)9-15(25)8-13/h2-9,11,17H,10H2,1H3,(H,32,34)(H,33,35). The number of alkyl halides is 6. The second-order valence-corrected chi connectivity index (χ2v) is 9.12. The van der Waals surface area contributed by atoms with Crippen molar-refractivity contribution in [3.63, 3.8) is 0 Å². The lowest BCUT2D eigenvalue weighted by molar-refractivity contribution is -0.139. The molecule has 0 aliphatic heterocycles. The molecular weight excluding hydrogens is 617 g/mol. The van der Waals surface area contributed by atoms with Crippen molar-refractivity contribution in [1.82, 2.24) is 10.6 Å². The van der Waals surface area contributed by atoms with Gasteiger partial charge in [0, 0.05) is 8.95 Å². The van der Waals surface area contributed by atoms with Gasteiger partial charge in [0.25, 0.3) is 5.91 Å². The predicted molar refractivity (Wildman–Crippen MR) is 122 cm³/mol. The first kappa shape index (κ1) is 28.8. The van der Waals surface area contributed by atoms with Crippen LogP contribution in [0.3, 0.4) is 0 Å². The van der Waals surface area contributed by atoms with Crippen molar-refractivity contribution < 1.29 is 40.3 Å². The summed E-state index contributed by atoms with van der Waals surface area (Å²) in [5.74, 6) is -4.78. The Morgan fingerprint density at radius 1 is 1.03 bits per heavy atom. The van der Waals surface area contributed by atoms with Crippen LogP contribution >= 0.6 is 31.9 Å². The third-order valence-electron chi connectivity index (χ3n) is 4.52. The van der Waals surface area contributed by atoms with Gasteiger partial charge in [0.05, 0.1) is 11.5 Å². The van der Waals surface area contributed by atoms with E-state index in [0.717, 1.165) is 30.4 Å². The summed E-state index contributed by atoms with van der Waals surface area (Å²) < 4.78 is 91.3. The Morgan fingerprint density at radius 3 is 2.23 bits per heavy atom. The minimum Gasteiger partial charge on any atom is -0.345 e. The Balaban J connectivity index is 2.16. The number of carbonyl (C=O) groups excluding carboxylic acids is 2. The summed E-state index contributed by atoms with van der Waals surface area (Å²) in [5.41, 5.74) is -0.0401. The second-order valence-electron chi connectivity index (χ2n) is 7.35. The van der Waals surface area contributed by atoms with E-state index in [1.165, 1.54) is 25.1 Å². The molecular formula is C22H17Br2F7N2O2. The van der Waals surface area contributed by atoms with E-state index >= 15 is 0 Å². The molecule has 4 nitrogen and oxygen atoms in total. The fourth-order valence-corrected chi connectivity index (χ4v) is 3.93. The van der Waals surface area contributed by atoms with Gasteiger partial charge in [-0.25, -0.2) is 4.39 Å². The number of amides is 2. The summed E-state index contributed by atoms with van der Waals surface area (Å²) in [6.45, 7) is -0.362. The number of benzene rings is 2. The molecule has 0 aliphatic carbocycles. The molecule has 2 amide bonds. The van der Waals surface area contributed by atoms with E-state index in [1.54, 1.807) is 5.32 Å². The van der Waals surface area contributed by atoms with Crippen LogP contribution in [0.25, 0.3) is 6.08 Å². The topological polar surface area (TPSA) is 58.2 Å². The van der Waals surface area contributed by atoms with Gasteiger partial charge >= 0.3 is 12.4 Å². The van der Waals surface area contributed by atoms with E-state index in [2.05, 4.69) is 37.2 Å². The van der Waals surface area contributed by atoms with Crippen molar-refractivity contribution in [2.75, 3.05) is 6.54 Å². The Hall–Kier alpha value is -2.41. The number of halogens is 9. The molecule has 2 atom stereocenters. The van der Waals surface area contributed by atoms with E-state index in [1.807, 2.05) is 0 Å². The highest BCUT2D eigenvalue weighted by molar-refractivity contribution is 9.10. The Morgan fingerprint density at radius 2 is 1.69 bits per heavy atom. The molecule has 0 aliphatic rings. The van der Waals surface area contributed by atoms with E-state index < -0.39 is 48.5 Å². The molecule has 2 unspecified atom stereocenters. The quantitative estimate of drug-likeness (QED) is 0.342. The highest BCUT2D eigenvalue weighted by Gasteiger charge is 2.39. The van der Waals surface area contributed by atoms with Crippen LogP contribution in [0.4, 0.5) is 30.7 Å². The third kappa shape index (κ3) is 8.95. The van der Waals surface area contributed by atoms with Crippen molar-refractivity contribution >= 4 is 49.8 Å². The van der Waals surface area contributed by atoms with Gasteiger partial charge in [0.2, 0.25) is 5.91 Å². The Labute approximate surface area is 212 Å². The first-order chi connectivity index (χ1) is 16.1. The average molecular weight is 634 g/mol. The maximum absolute atomic E-state index is 13.6. The first-order valence-corrected chi connectivity index (χ1v) is 11.3. The van der Waals surface area contributed by atoms with Crippen LogP contribution in [0.2, 0.25) is 0 Å². The lowest BCUT2D eigenvalue weighted by atomic mass is 9.97. The highest BCUT2D eigenvalue weighted by Crippen LogP contribution is 2.38. The Kier molecular flexibility index (Phi) is 9.51. The van der Waals surface area contributed by atoms with Crippen LogP contribution in [0.15, 0.2) is 51.4 Å². The van der Waals surface area contributed by atoms with Crippen LogP contribution in [-0.2, 0) is 4.79 Å². The number of rotatable bonds is 7. The summed E-state index contributed by atoms with van der Waals surface area (Å²) in [6, 6.07) is 5.62. The summed E-state index contributed by atoms with van der Waals surface area (Å²) in [7, 11) is 0. The SMILES string of the molecule is CC(NC(=O)c1ccc(C=CC(c2cc(F)cc(Br)c2)C(F)(F)F)cc1Br)C(=O)NCC(F)(F)F. The zero-order valence-electron chi connectivity index (χ0n) is 17.7. The van der Waals surface area contributed by atoms with E-state index in [9.17, 15) is 40.3 Å². The van der Waals surface area contributed by atoms with Gasteiger partial charge in [-0.3, -0.25) is 9.59 Å². The molecule has 35 heavy (non-hydrogen) atoms. The normalized spacial score (nSPS) is 14.0. The highest BCUT2D eigenvalue weighted by atomic mass is 79.9. The number of carbonyl (C=O) groups is 2. The average Bonchev–Trinajstić information content (AvgIpc) is 2.69. The largest absolute Gasteiger partial charge is 0.405 e. The second kappa shape index (κ2) is 11.5. The van der Waals surface area contributed by atoms with Gasteiger partial charge in [-0.15, -0.1) is 0 Å². The van der Waals surface area contributed by atoms with Crippen molar-refractivity contribution in [3.05, 3.63) is 73.9 Å². The minimum absolute atomic E-state index is 0.000876. The van der Waals surface area contributed by atoms with Crippen LogP contribution in [0.5, 0.6) is 0 Å². The predicted octanol–water partition coefficient (Wildman–Crippen LogP) is 6.51. The molecule has 0 bridgehead atoms. The van der Waals surface area contributed by atoms with E-state index in [4.69, 9.17) is 0 Å². The first-order valence-electron chi connectivity index (χ1n) is 9.72. The zero-order chi connectivity index (χ0) is 26.6. The van der Waals surface area contributed by atoms with Crippen LogP contribution in [0.1, 0.15) is 34.3 Å². The van der Waals surface area contributed by atoms with Crippen molar-refractivity contribution in [3.8, 4) is 0 Å². The third-order valence-corrected chi connectivity index (χ3v) is 5.63. The molecule has 2 N–H and O–H groups in total. The van der Waals surface area contributed by atoms with Gasteiger partial charge in [-0.1, -0.05) is 34.1 Å². The maximum atomic E-state index is 13.6. The van der Waals surface area contributed by atoms with Crippen molar-refractivity contribution in [2.24, 2.45) is 0 Å². The van der Waals surface area contributed by atoms with E-state index in [-0.39, 0.29) is 25.6 Å². The molecule has 0 aromatic heterocycles. The molecule has 2 aromatic rings. The van der Waals surface area contributed by atoms with Crippen LogP contribution in [-0.4, -0.2) is 36.8 Å². The smallest absolute Gasteiger partial charge is 0.345 e. The van der Waals surface area contributed by atoms with Gasteiger partial charge < -0.3 is 10.6 Å². The fourth-order valence-electron chi connectivity index (χ4n) is 2.87. The van der Waals surface area contributed by atoms with Gasteiger partial charge in [-0.05, 0) is 64.3 Å². The summed E-state index contributed by atoms with van der Waals surface area (Å²) >= 11 is 6.09. The molecule has 0 heterocycles. The molecule has 0 saturated heterocycles. The molecule has 190 valence electrons. The molecule has 2 rings (SSSR count). The number of nitrogens with one attached hydrogen (secondary N) is 2. The molecule has 0 saturated carbocycles. The lowest BCUT2D eigenvalue weighted by Crippen LogP contribution is -2.47. The molecule has 0 fully saturated rings. The molecule has 0 radical (unpaired) electrons. The Bertz CT molecular complexity index is 1100. The maximum Gasteiger partial charge on any atom is 0.405 e. The van der Waals surface area contributed by atoms with Crippen molar-refractivity contribution in [1.29, 1.82) is 0 Å².